The molecule has 0 bridgehead atoms. The molecule has 174 valence electrons. The van der Waals surface area contributed by atoms with Crippen LogP contribution in [0.1, 0.15) is 5.56 Å². The number of methoxy groups -OCH3 is 1. The molecule has 0 aliphatic carbocycles. The van der Waals surface area contributed by atoms with Crippen molar-refractivity contribution >= 4 is 5.69 Å². The summed E-state index contributed by atoms with van der Waals surface area (Å²) in [5.41, 5.74) is 2.63. The van der Waals surface area contributed by atoms with Gasteiger partial charge in [-0.3, -0.25) is 4.90 Å². The third-order valence-electron chi connectivity index (χ3n) is 6.20. The highest BCUT2D eigenvalue weighted by molar-refractivity contribution is 5.51. The zero-order chi connectivity index (χ0) is 22.7. The van der Waals surface area contributed by atoms with Crippen LogP contribution in [0.2, 0.25) is 0 Å². The maximum atomic E-state index is 5.79. The van der Waals surface area contributed by atoms with Crippen molar-refractivity contribution in [2.24, 2.45) is 0 Å². The van der Waals surface area contributed by atoms with Gasteiger partial charge in [0.2, 0.25) is 0 Å². The van der Waals surface area contributed by atoms with E-state index in [2.05, 4.69) is 63.6 Å². The Bertz CT molecular complexity index is 952. The van der Waals surface area contributed by atoms with Gasteiger partial charge in [-0.1, -0.05) is 54.6 Å². The summed E-state index contributed by atoms with van der Waals surface area (Å²) in [6, 6.07) is 29.7. The molecule has 1 aliphatic rings. The van der Waals surface area contributed by atoms with Gasteiger partial charge >= 0.3 is 0 Å². The molecule has 1 saturated heterocycles. The number of nitrogens with one attached hydrogen (secondary N) is 1. The number of anilines is 1. The Kier molecular flexibility index (Phi) is 8.62. The van der Waals surface area contributed by atoms with Gasteiger partial charge in [0, 0.05) is 57.1 Å². The molecule has 0 amide bonds. The van der Waals surface area contributed by atoms with Crippen LogP contribution in [0.5, 0.6) is 11.5 Å². The fourth-order valence-corrected chi connectivity index (χ4v) is 4.41. The van der Waals surface area contributed by atoms with Crippen molar-refractivity contribution in [1.82, 2.24) is 10.2 Å². The monoisotopic (exact) mass is 445 g/mol. The van der Waals surface area contributed by atoms with E-state index in [-0.39, 0.29) is 0 Å². The lowest BCUT2D eigenvalue weighted by atomic mass is 10.0. The molecule has 0 unspecified atom stereocenters. The fourth-order valence-electron chi connectivity index (χ4n) is 4.41. The van der Waals surface area contributed by atoms with E-state index in [0.29, 0.717) is 12.6 Å². The lowest BCUT2D eigenvalue weighted by Gasteiger charge is -2.43. The van der Waals surface area contributed by atoms with E-state index in [1.807, 2.05) is 36.4 Å². The van der Waals surface area contributed by atoms with Gasteiger partial charge in [-0.05, 0) is 36.2 Å². The maximum absolute atomic E-state index is 5.79. The smallest absolute Gasteiger partial charge is 0.120 e. The van der Waals surface area contributed by atoms with E-state index < -0.39 is 0 Å². The van der Waals surface area contributed by atoms with Gasteiger partial charge in [-0.15, -0.1) is 0 Å². The predicted molar refractivity (Wildman–Crippen MR) is 136 cm³/mol. The van der Waals surface area contributed by atoms with Gasteiger partial charge in [-0.2, -0.15) is 0 Å². The molecule has 1 aliphatic heterocycles. The Morgan fingerprint density at radius 3 is 2.39 bits per heavy atom. The molecule has 0 radical (unpaired) electrons. The van der Waals surface area contributed by atoms with Crippen molar-refractivity contribution in [2.45, 2.75) is 12.5 Å². The van der Waals surface area contributed by atoms with Crippen LogP contribution in [0.15, 0.2) is 84.9 Å². The first-order valence-corrected chi connectivity index (χ1v) is 11.9. The summed E-state index contributed by atoms with van der Waals surface area (Å²) in [4.78, 5) is 5.13. The zero-order valence-electron chi connectivity index (χ0n) is 19.5. The van der Waals surface area contributed by atoms with Crippen molar-refractivity contribution in [3.63, 3.8) is 0 Å². The number of benzene rings is 3. The SMILES string of the molecule is COc1cccc(N2CCN(CCNCCOc3ccccc3)[C@@H](Cc3ccccc3)C2)c1. The van der Waals surface area contributed by atoms with Crippen LogP contribution in [0.4, 0.5) is 5.69 Å². The number of nitrogens with zero attached hydrogens (tertiary/aromatic N) is 2. The van der Waals surface area contributed by atoms with Gasteiger partial charge in [0.25, 0.3) is 0 Å². The quantitative estimate of drug-likeness (QED) is 0.450. The summed E-state index contributed by atoms with van der Waals surface area (Å²) < 4.78 is 11.2. The first-order chi connectivity index (χ1) is 16.3. The second kappa shape index (κ2) is 12.3. The average molecular weight is 446 g/mol. The number of para-hydroxylation sites is 1. The average Bonchev–Trinajstić information content (AvgIpc) is 2.88. The van der Waals surface area contributed by atoms with Crippen LogP contribution in [0.25, 0.3) is 0 Å². The molecule has 3 aromatic carbocycles. The number of hydrogen-bond acceptors (Lipinski definition) is 5. The van der Waals surface area contributed by atoms with E-state index in [9.17, 15) is 0 Å². The van der Waals surface area contributed by atoms with Gasteiger partial charge in [0.05, 0.1) is 7.11 Å². The minimum absolute atomic E-state index is 0.467. The van der Waals surface area contributed by atoms with E-state index in [0.717, 1.165) is 57.2 Å². The molecule has 5 nitrogen and oxygen atoms in total. The molecule has 4 rings (SSSR count). The molecular weight excluding hydrogens is 410 g/mol. The highest BCUT2D eigenvalue weighted by Crippen LogP contribution is 2.24. The van der Waals surface area contributed by atoms with Crippen LogP contribution in [0.3, 0.4) is 0 Å². The predicted octanol–water partition coefficient (Wildman–Crippen LogP) is 4.10. The second-order valence-electron chi connectivity index (χ2n) is 8.44. The normalized spacial score (nSPS) is 16.5. The van der Waals surface area contributed by atoms with E-state index in [1.165, 1.54) is 11.3 Å². The Hall–Kier alpha value is -3.02. The fraction of sp³-hybridized carbons (Fsp3) is 0.357. The summed E-state index contributed by atoms with van der Waals surface area (Å²) in [7, 11) is 1.73. The summed E-state index contributed by atoms with van der Waals surface area (Å²) >= 11 is 0. The zero-order valence-corrected chi connectivity index (χ0v) is 19.5. The highest BCUT2D eigenvalue weighted by atomic mass is 16.5. The summed E-state index contributed by atoms with van der Waals surface area (Å²) in [6.07, 6.45) is 1.05. The van der Waals surface area contributed by atoms with E-state index >= 15 is 0 Å². The largest absolute Gasteiger partial charge is 0.497 e. The van der Waals surface area contributed by atoms with Crippen molar-refractivity contribution in [1.29, 1.82) is 0 Å². The topological polar surface area (TPSA) is 37.0 Å². The Morgan fingerprint density at radius 2 is 1.61 bits per heavy atom. The number of rotatable bonds is 11. The second-order valence-corrected chi connectivity index (χ2v) is 8.44. The molecule has 3 aromatic rings. The third kappa shape index (κ3) is 6.98. The molecule has 1 N–H and O–H groups in total. The summed E-state index contributed by atoms with van der Waals surface area (Å²) in [6.45, 7) is 6.62. The highest BCUT2D eigenvalue weighted by Gasteiger charge is 2.27. The summed E-state index contributed by atoms with van der Waals surface area (Å²) in [5, 5.41) is 3.55. The molecule has 0 spiro atoms. The van der Waals surface area contributed by atoms with Gasteiger partial charge in [0.1, 0.15) is 18.1 Å². The molecular formula is C28H35N3O2. The third-order valence-corrected chi connectivity index (χ3v) is 6.20. The van der Waals surface area contributed by atoms with Gasteiger partial charge < -0.3 is 19.7 Å². The lowest BCUT2D eigenvalue weighted by Crippen LogP contribution is -2.55. The van der Waals surface area contributed by atoms with Crippen LogP contribution in [0, 0.1) is 0 Å². The van der Waals surface area contributed by atoms with Crippen LogP contribution >= 0.6 is 0 Å². The van der Waals surface area contributed by atoms with Crippen LogP contribution in [-0.2, 0) is 6.42 Å². The first-order valence-electron chi connectivity index (χ1n) is 11.9. The Balaban J connectivity index is 1.30. The molecule has 1 fully saturated rings. The van der Waals surface area contributed by atoms with Crippen LogP contribution < -0.4 is 19.7 Å². The molecule has 1 heterocycles. The number of hydrogen-bond donors (Lipinski definition) is 1. The first kappa shape index (κ1) is 23.1. The van der Waals surface area contributed by atoms with Gasteiger partial charge in [-0.25, -0.2) is 0 Å². The Morgan fingerprint density at radius 1 is 0.848 bits per heavy atom. The molecule has 33 heavy (non-hydrogen) atoms. The maximum Gasteiger partial charge on any atom is 0.120 e. The molecule has 0 saturated carbocycles. The number of ether oxygens (including phenoxy) is 2. The molecule has 5 heteroatoms. The molecule has 0 aromatic heterocycles. The van der Waals surface area contributed by atoms with E-state index in [1.54, 1.807) is 7.11 Å². The van der Waals surface area contributed by atoms with E-state index in [4.69, 9.17) is 9.47 Å². The van der Waals surface area contributed by atoms with Crippen molar-refractivity contribution in [3.8, 4) is 11.5 Å². The standard InChI is InChI=1S/C28H35N3O2/c1-32-28-14-8-11-25(22-28)31-19-18-30(26(23-31)21-24-9-4-2-5-10-24)17-15-29-16-20-33-27-12-6-3-7-13-27/h2-14,22,26,29H,15-21,23H2,1H3/t26-/m0/s1. The lowest BCUT2D eigenvalue weighted by molar-refractivity contribution is 0.175. The van der Waals surface area contributed by atoms with Crippen molar-refractivity contribution in [2.75, 3.05) is 57.9 Å². The van der Waals surface area contributed by atoms with Crippen LogP contribution in [-0.4, -0.2) is 63.9 Å². The minimum atomic E-state index is 0.467. The minimum Gasteiger partial charge on any atom is -0.497 e. The Labute approximate surface area is 197 Å². The number of piperazine rings is 1. The van der Waals surface area contributed by atoms with Crippen molar-refractivity contribution < 1.29 is 9.47 Å². The molecule has 1 atom stereocenters. The van der Waals surface area contributed by atoms with Gasteiger partial charge in [0.15, 0.2) is 0 Å². The summed E-state index contributed by atoms with van der Waals surface area (Å²) in [5.74, 6) is 1.84. The van der Waals surface area contributed by atoms with Crippen molar-refractivity contribution in [3.05, 3.63) is 90.5 Å².